The van der Waals surface area contributed by atoms with Gasteiger partial charge in [-0.1, -0.05) is 25.9 Å². The molecular formula is C20H24F3N5O3. The van der Waals surface area contributed by atoms with Gasteiger partial charge in [0.15, 0.2) is 0 Å². The molecule has 3 heterocycles. The summed E-state index contributed by atoms with van der Waals surface area (Å²) in [5, 5.41) is 6.60. The van der Waals surface area contributed by atoms with E-state index in [1.54, 1.807) is 11.0 Å². The smallest absolute Gasteiger partial charge is 0.341 e. The average Bonchev–Trinajstić information content (AvgIpc) is 3.16. The van der Waals surface area contributed by atoms with Gasteiger partial charge in [-0.05, 0) is 12.1 Å². The highest BCUT2D eigenvalue weighted by Gasteiger charge is 2.36. The van der Waals surface area contributed by atoms with E-state index in [0.29, 0.717) is 12.2 Å². The van der Waals surface area contributed by atoms with E-state index < -0.39 is 23.7 Å². The number of halogens is 3. The molecule has 1 atom stereocenters. The molecule has 1 N–H and O–H groups in total. The molecule has 1 saturated heterocycles. The number of carbonyl (C=O) groups is 2. The van der Waals surface area contributed by atoms with Crippen LogP contribution in [0.15, 0.2) is 28.9 Å². The van der Waals surface area contributed by atoms with Gasteiger partial charge in [0.1, 0.15) is 11.9 Å². The number of carbonyl (C=O) groups excluding carboxylic acids is 2. The Morgan fingerprint density at radius 2 is 1.90 bits per heavy atom. The Labute approximate surface area is 177 Å². The molecule has 2 aromatic rings. The largest absolute Gasteiger partial charge is 0.417 e. The lowest BCUT2D eigenvalue weighted by Crippen LogP contribution is -2.59. The van der Waals surface area contributed by atoms with Crippen molar-refractivity contribution in [3.63, 3.8) is 0 Å². The molecule has 0 aromatic carbocycles. The van der Waals surface area contributed by atoms with Gasteiger partial charge < -0.3 is 14.3 Å². The van der Waals surface area contributed by atoms with Crippen molar-refractivity contribution in [1.82, 2.24) is 15.0 Å². The number of nitrogens with zero attached hydrogens (tertiary/aromatic N) is 4. The minimum atomic E-state index is -4.51. The van der Waals surface area contributed by atoms with Crippen molar-refractivity contribution in [2.75, 3.05) is 29.9 Å². The second-order valence-electron chi connectivity index (χ2n) is 8.39. The van der Waals surface area contributed by atoms with E-state index in [2.05, 4.69) is 15.5 Å². The molecule has 1 fully saturated rings. The standard InChI is InChI=1S/C20H24F3N5O3/c1-12(29)27-7-8-28(16-6-5-13(10-24-16)20(21,22)23)14(11-27)18(30)25-17-9-15(26-31-17)19(2,3)4/h5-6,9-10,14H,7-8,11H2,1-4H3,(H,25,30). The Morgan fingerprint density at radius 1 is 1.19 bits per heavy atom. The summed E-state index contributed by atoms with van der Waals surface area (Å²) in [5.41, 5.74) is -0.507. The summed E-state index contributed by atoms with van der Waals surface area (Å²) in [5.74, 6) is -0.323. The summed E-state index contributed by atoms with van der Waals surface area (Å²) in [6.45, 7) is 7.84. The van der Waals surface area contributed by atoms with Crippen LogP contribution in [0.4, 0.5) is 24.9 Å². The molecule has 168 valence electrons. The minimum absolute atomic E-state index is 0.0597. The second-order valence-corrected chi connectivity index (χ2v) is 8.39. The van der Waals surface area contributed by atoms with Gasteiger partial charge in [-0.3, -0.25) is 14.9 Å². The molecule has 0 radical (unpaired) electrons. The number of hydrogen-bond acceptors (Lipinski definition) is 6. The Morgan fingerprint density at radius 3 is 2.42 bits per heavy atom. The number of nitrogens with one attached hydrogen (secondary N) is 1. The van der Waals surface area contributed by atoms with Crippen LogP contribution in [0.2, 0.25) is 0 Å². The van der Waals surface area contributed by atoms with E-state index in [4.69, 9.17) is 4.52 Å². The molecule has 31 heavy (non-hydrogen) atoms. The molecule has 2 aromatic heterocycles. The Hall–Kier alpha value is -3.11. The van der Waals surface area contributed by atoms with Gasteiger partial charge in [0.2, 0.25) is 11.8 Å². The number of rotatable bonds is 3. The maximum atomic E-state index is 13.0. The average molecular weight is 439 g/mol. The molecule has 0 bridgehead atoms. The summed E-state index contributed by atoms with van der Waals surface area (Å²) in [6.07, 6.45) is -3.78. The molecular weight excluding hydrogens is 415 g/mol. The zero-order chi connectivity index (χ0) is 23.0. The molecule has 1 aliphatic rings. The predicted octanol–water partition coefficient (Wildman–Crippen LogP) is 3.06. The normalized spacial score (nSPS) is 17.6. The van der Waals surface area contributed by atoms with Gasteiger partial charge >= 0.3 is 6.18 Å². The van der Waals surface area contributed by atoms with Crippen molar-refractivity contribution in [1.29, 1.82) is 0 Å². The van der Waals surface area contributed by atoms with Crippen LogP contribution in [-0.2, 0) is 21.2 Å². The van der Waals surface area contributed by atoms with E-state index >= 15 is 0 Å². The molecule has 1 aliphatic heterocycles. The number of anilines is 2. The number of piperazine rings is 1. The highest BCUT2D eigenvalue weighted by atomic mass is 19.4. The number of aromatic nitrogens is 2. The number of pyridine rings is 1. The fraction of sp³-hybridized carbons (Fsp3) is 0.500. The van der Waals surface area contributed by atoms with Gasteiger partial charge in [-0.25, -0.2) is 4.98 Å². The van der Waals surface area contributed by atoms with Crippen molar-refractivity contribution in [3.05, 3.63) is 35.7 Å². The van der Waals surface area contributed by atoms with E-state index in [-0.39, 0.29) is 36.1 Å². The first-order chi connectivity index (χ1) is 14.4. The number of alkyl halides is 3. The predicted molar refractivity (Wildman–Crippen MR) is 106 cm³/mol. The fourth-order valence-corrected chi connectivity index (χ4v) is 3.18. The van der Waals surface area contributed by atoms with E-state index in [9.17, 15) is 22.8 Å². The molecule has 0 spiro atoms. The molecule has 11 heteroatoms. The van der Waals surface area contributed by atoms with Crippen molar-refractivity contribution in [2.45, 2.75) is 45.3 Å². The lowest BCUT2D eigenvalue weighted by molar-refractivity contribution is -0.138. The van der Waals surface area contributed by atoms with Crippen LogP contribution < -0.4 is 10.2 Å². The molecule has 1 unspecified atom stereocenters. The maximum Gasteiger partial charge on any atom is 0.417 e. The SMILES string of the molecule is CC(=O)N1CCN(c2ccc(C(F)(F)F)cn2)C(C(=O)Nc2cc(C(C)(C)C)no2)C1. The van der Waals surface area contributed by atoms with Crippen LogP contribution >= 0.6 is 0 Å². The number of amides is 2. The Kier molecular flexibility index (Phi) is 5.97. The Balaban J connectivity index is 1.84. The van der Waals surface area contributed by atoms with Crippen LogP contribution in [0.5, 0.6) is 0 Å². The first-order valence-electron chi connectivity index (χ1n) is 9.70. The van der Waals surface area contributed by atoms with E-state index in [1.165, 1.54) is 17.9 Å². The molecule has 8 nitrogen and oxygen atoms in total. The zero-order valence-corrected chi connectivity index (χ0v) is 17.7. The van der Waals surface area contributed by atoms with Crippen molar-refractivity contribution >= 4 is 23.5 Å². The zero-order valence-electron chi connectivity index (χ0n) is 17.7. The monoisotopic (exact) mass is 439 g/mol. The first-order valence-corrected chi connectivity index (χ1v) is 9.70. The second kappa shape index (κ2) is 8.20. The third-order valence-electron chi connectivity index (χ3n) is 5.02. The van der Waals surface area contributed by atoms with Crippen molar-refractivity contribution in [3.8, 4) is 0 Å². The minimum Gasteiger partial charge on any atom is -0.341 e. The Bertz CT molecular complexity index is 950. The summed E-state index contributed by atoms with van der Waals surface area (Å²) in [4.78, 5) is 31.8. The van der Waals surface area contributed by atoms with Crippen LogP contribution in [0.25, 0.3) is 0 Å². The van der Waals surface area contributed by atoms with Gasteiger partial charge in [0.25, 0.3) is 5.91 Å². The lowest BCUT2D eigenvalue weighted by Gasteiger charge is -2.40. The van der Waals surface area contributed by atoms with Gasteiger partial charge in [0.05, 0.1) is 17.8 Å². The van der Waals surface area contributed by atoms with Crippen molar-refractivity contribution in [2.24, 2.45) is 0 Å². The summed E-state index contributed by atoms with van der Waals surface area (Å²) < 4.78 is 43.8. The topological polar surface area (TPSA) is 91.6 Å². The molecule has 0 saturated carbocycles. The summed E-state index contributed by atoms with van der Waals surface area (Å²) in [6, 6.07) is 2.88. The lowest BCUT2D eigenvalue weighted by atomic mass is 9.92. The first kappa shape index (κ1) is 22.6. The van der Waals surface area contributed by atoms with Gasteiger partial charge in [-0.2, -0.15) is 13.2 Å². The third-order valence-corrected chi connectivity index (χ3v) is 5.02. The van der Waals surface area contributed by atoms with Crippen LogP contribution in [0.1, 0.15) is 39.0 Å². The fourth-order valence-electron chi connectivity index (χ4n) is 3.18. The third kappa shape index (κ3) is 5.15. The van der Waals surface area contributed by atoms with Crippen LogP contribution in [-0.4, -0.2) is 52.5 Å². The summed E-state index contributed by atoms with van der Waals surface area (Å²) >= 11 is 0. The van der Waals surface area contributed by atoms with Gasteiger partial charge in [-0.15, -0.1) is 0 Å². The highest BCUT2D eigenvalue weighted by molar-refractivity contribution is 5.96. The molecule has 0 aliphatic carbocycles. The van der Waals surface area contributed by atoms with Gasteiger partial charge in [0, 0.05) is 37.7 Å². The van der Waals surface area contributed by atoms with Crippen molar-refractivity contribution < 1.29 is 27.3 Å². The quantitative estimate of drug-likeness (QED) is 0.791. The number of hydrogen-bond donors (Lipinski definition) is 1. The van der Waals surface area contributed by atoms with Crippen LogP contribution in [0, 0.1) is 0 Å². The maximum absolute atomic E-state index is 13.0. The summed E-state index contributed by atoms with van der Waals surface area (Å²) in [7, 11) is 0. The molecule has 3 rings (SSSR count). The molecule has 2 amide bonds. The van der Waals surface area contributed by atoms with E-state index in [1.807, 2.05) is 20.8 Å². The van der Waals surface area contributed by atoms with E-state index in [0.717, 1.165) is 12.3 Å². The van der Waals surface area contributed by atoms with Crippen LogP contribution in [0.3, 0.4) is 0 Å². The highest BCUT2D eigenvalue weighted by Crippen LogP contribution is 2.30.